The van der Waals surface area contributed by atoms with Crippen LogP contribution in [0.3, 0.4) is 0 Å². The average Bonchev–Trinajstić information content (AvgIpc) is 3.46. The number of anilines is 1. The molecule has 1 N–H and O–H groups in total. The predicted molar refractivity (Wildman–Crippen MR) is 127 cm³/mol. The summed E-state index contributed by atoms with van der Waals surface area (Å²) >= 11 is 1.78. The first-order valence-electron chi connectivity index (χ1n) is 11.3. The number of benzene rings is 1. The molecule has 8 nitrogen and oxygen atoms in total. The Morgan fingerprint density at radius 3 is 2.91 bits per heavy atom. The number of aromatic amines is 1. The van der Waals surface area contributed by atoms with Crippen LogP contribution in [-0.2, 0) is 11.3 Å². The number of halogens is 1. The third-order valence-electron chi connectivity index (χ3n) is 6.68. The fraction of sp³-hybridized carbons (Fsp3) is 0.435. The molecule has 2 saturated heterocycles. The molecule has 0 radical (unpaired) electrons. The SMILES string of the molecule is CN1CCN(Cc2cc3ncnc(N4CCOCC4)c3s2)CC1c1cc(F)cc2[nH]ncc12. The Bertz CT molecular complexity index is 1280. The minimum absolute atomic E-state index is 0.104. The zero-order valence-corrected chi connectivity index (χ0v) is 19.3. The van der Waals surface area contributed by atoms with Crippen molar-refractivity contribution in [3.05, 3.63) is 47.0 Å². The minimum atomic E-state index is -0.231. The van der Waals surface area contributed by atoms with Gasteiger partial charge in [-0.1, -0.05) is 0 Å². The van der Waals surface area contributed by atoms with Crippen LogP contribution in [0, 0.1) is 5.82 Å². The molecule has 6 rings (SSSR count). The van der Waals surface area contributed by atoms with E-state index in [1.54, 1.807) is 29.9 Å². The highest BCUT2D eigenvalue weighted by molar-refractivity contribution is 7.19. The Morgan fingerprint density at radius 1 is 1.15 bits per heavy atom. The Morgan fingerprint density at radius 2 is 2.03 bits per heavy atom. The van der Waals surface area contributed by atoms with Crippen molar-refractivity contribution >= 4 is 38.3 Å². The highest BCUT2D eigenvalue weighted by Crippen LogP contribution is 2.34. The fourth-order valence-corrected chi connectivity index (χ4v) is 6.09. The van der Waals surface area contributed by atoms with Crippen molar-refractivity contribution < 1.29 is 9.13 Å². The van der Waals surface area contributed by atoms with Crippen LogP contribution in [0.15, 0.2) is 30.7 Å². The second kappa shape index (κ2) is 8.60. The first-order valence-corrected chi connectivity index (χ1v) is 12.1. The Hall–Kier alpha value is -2.66. The number of rotatable bonds is 4. The summed E-state index contributed by atoms with van der Waals surface area (Å²) in [7, 11) is 2.11. The summed E-state index contributed by atoms with van der Waals surface area (Å²) in [5.74, 6) is 0.781. The number of nitrogens with zero attached hydrogens (tertiary/aromatic N) is 6. The number of fused-ring (bicyclic) bond motifs is 2. The number of piperazine rings is 1. The van der Waals surface area contributed by atoms with Gasteiger partial charge in [0.1, 0.15) is 18.0 Å². The number of aromatic nitrogens is 4. The number of nitrogens with one attached hydrogen (secondary N) is 1. The van der Waals surface area contributed by atoms with E-state index in [2.05, 4.69) is 48.0 Å². The van der Waals surface area contributed by atoms with Crippen molar-refractivity contribution in [3.63, 3.8) is 0 Å². The molecule has 2 aliphatic rings. The van der Waals surface area contributed by atoms with Gasteiger partial charge in [0, 0.05) is 55.6 Å². The van der Waals surface area contributed by atoms with Crippen LogP contribution in [0.2, 0.25) is 0 Å². The van der Waals surface area contributed by atoms with Crippen molar-refractivity contribution in [1.82, 2.24) is 30.0 Å². The summed E-state index contributed by atoms with van der Waals surface area (Å²) in [5.41, 5.74) is 2.74. The van der Waals surface area contributed by atoms with Crippen LogP contribution < -0.4 is 4.90 Å². The lowest BCUT2D eigenvalue weighted by Crippen LogP contribution is -2.46. The van der Waals surface area contributed by atoms with Gasteiger partial charge in [0.25, 0.3) is 0 Å². The molecular weight excluding hydrogens is 441 g/mol. The Labute approximate surface area is 195 Å². The van der Waals surface area contributed by atoms with Crippen molar-refractivity contribution in [2.45, 2.75) is 12.6 Å². The quantitative estimate of drug-likeness (QED) is 0.495. The molecule has 0 amide bonds. The molecule has 33 heavy (non-hydrogen) atoms. The summed E-state index contributed by atoms with van der Waals surface area (Å²) < 4.78 is 21.0. The second-order valence-corrected chi connectivity index (χ2v) is 9.92. The number of hydrogen-bond donors (Lipinski definition) is 1. The molecule has 1 atom stereocenters. The largest absolute Gasteiger partial charge is 0.378 e. The number of likely N-dealkylation sites (N-methyl/N-ethyl adjacent to an activating group) is 1. The molecule has 5 heterocycles. The van der Waals surface area contributed by atoms with Crippen molar-refractivity contribution in [2.24, 2.45) is 0 Å². The smallest absolute Gasteiger partial charge is 0.150 e. The van der Waals surface area contributed by atoms with Crippen molar-refractivity contribution in [1.29, 1.82) is 0 Å². The molecule has 2 aliphatic heterocycles. The molecule has 1 unspecified atom stereocenters. The van der Waals surface area contributed by atoms with E-state index in [1.165, 1.54) is 10.9 Å². The second-order valence-electron chi connectivity index (χ2n) is 8.78. The van der Waals surface area contributed by atoms with E-state index >= 15 is 0 Å². The maximum absolute atomic E-state index is 14.3. The highest BCUT2D eigenvalue weighted by atomic mass is 32.1. The molecule has 0 saturated carbocycles. The van der Waals surface area contributed by atoms with Crippen LogP contribution in [0.1, 0.15) is 16.5 Å². The molecule has 3 aromatic heterocycles. The van der Waals surface area contributed by atoms with Crippen LogP contribution in [0.25, 0.3) is 21.1 Å². The van der Waals surface area contributed by atoms with Crippen LogP contribution in [-0.4, -0.2) is 83.0 Å². The summed E-state index contributed by atoms with van der Waals surface area (Å²) in [4.78, 5) is 17.4. The van der Waals surface area contributed by atoms with E-state index in [-0.39, 0.29) is 11.9 Å². The molecule has 0 spiro atoms. The van der Waals surface area contributed by atoms with Crippen molar-refractivity contribution in [3.8, 4) is 0 Å². The number of hydrogen-bond acceptors (Lipinski definition) is 8. The maximum atomic E-state index is 14.3. The van der Waals surface area contributed by atoms with E-state index in [0.29, 0.717) is 0 Å². The molecular formula is C23H26FN7OS. The van der Waals surface area contributed by atoms with Gasteiger partial charge in [0.15, 0.2) is 0 Å². The van der Waals surface area contributed by atoms with E-state index in [1.807, 2.05) is 0 Å². The topological polar surface area (TPSA) is 73.4 Å². The lowest BCUT2D eigenvalue weighted by molar-refractivity contribution is 0.0918. The maximum Gasteiger partial charge on any atom is 0.150 e. The predicted octanol–water partition coefficient (Wildman–Crippen LogP) is 3.03. The molecule has 0 bridgehead atoms. The van der Waals surface area contributed by atoms with E-state index < -0.39 is 0 Å². The highest BCUT2D eigenvalue weighted by Gasteiger charge is 2.28. The molecule has 4 aromatic rings. The summed E-state index contributed by atoms with van der Waals surface area (Å²) in [5, 5.41) is 8.03. The van der Waals surface area contributed by atoms with Gasteiger partial charge in [-0.05, 0) is 30.8 Å². The number of morpholine rings is 1. The number of H-pyrrole nitrogens is 1. The van der Waals surface area contributed by atoms with Gasteiger partial charge >= 0.3 is 0 Å². The molecule has 1 aromatic carbocycles. The number of ether oxygens (including phenoxy) is 1. The van der Waals surface area contributed by atoms with E-state index in [0.717, 1.165) is 85.0 Å². The van der Waals surface area contributed by atoms with Gasteiger partial charge in [-0.15, -0.1) is 11.3 Å². The van der Waals surface area contributed by atoms with Gasteiger partial charge in [-0.25, -0.2) is 14.4 Å². The lowest BCUT2D eigenvalue weighted by atomic mass is 9.99. The monoisotopic (exact) mass is 467 g/mol. The van der Waals surface area contributed by atoms with Gasteiger partial charge in [-0.2, -0.15) is 5.10 Å². The molecule has 2 fully saturated rings. The Balaban J connectivity index is 1.26. The Kier molecular flexibility index (Phi) is 5.45. The van der Waals surface area contributed by atoms with Gasteiger partial charge in [-0.3, -0.25) is 14.9 Å². The molecule has 10 heteroatoms. The standard InChI is InChI=1S/C23H26FN7OS/c1-29-2-3-30(13-21(29)17-8-15(24)9-19-18(17)11-27-28-19)12-16-10-20-22(33-16)23(26-14-25-20)31-4-6-32-7-5-31/h8-11,14,21H,2-7,12-13H2,1H3,(H,27,28). The first kappa shape index (κ1) is 20.9. The van der Waals surface area contributed by atoms with Gasteiger partial charge in [0.2, 0.25) is 0 Å². The van der Waals surface area contributed by atoms with Crippen LogP contribution >= 0.6 is 11.3 Å². The normalized spacial score (nSPS) is 20.8. The summed E-state index contributed by atoms with van der Waals surface area (Å²) in [6, 6.07) is 5.46. The van der Waals surface area contributed by atoms with Gasteiger partial charge < -0.3 is 9.64 Å². The molecule has 0 aliphatic carbocycles. The van der Waals surface area contributed by atoms with E-state index in [9.17, 15) is 4.39 Å². The summed E-state index contributed by atoms with van der Waals surface area (Å²) in [6.07, 6.45) is 3.46. The van der Waals surface area contributed by atoms with Crippen LogP contribution in [0.5, 0.6) is 0 Å². The van der Waals surface area contributed by atoms with Crippen molar-refractivity contribution in [2.75, 3.05) is 57.9 Å². The minimum Gasteiger partial charge on any atom is -0.378 e. The van der Waals surface area contributed by atoms with Gasteiger partial charge in [0.05, 0.1) is 35.1 Å². The molecule has 172 valence electrons. The third kappa shape index (κ3) is 3.97. The zero-order valence-electron chi connectivity index (χ0n) is 18.5. The van der Waals surface area contributed by atoms with Crippen LogP contribution in [0.4, 0.5) is 10.2 Å². The first-order chi connectivity index (χ1) is 16.2. The lowest BCUT2D eigenvalue weighted by Gasteiger charge is -2.39. The van der Waals surface area contributed by atoms with E-state index in [4.69, 9.17) is 4.74 Å². The fourth-order valence-electron chi connectivity index (χ4n) is 4.92. The number of thiophene rings is 1. The summed E-state index contributed by atoms with van der Waals surface area (Å²) in [6.45, 7) is 6.74. The zero-order chi connectivity index (χ0) is 22.4. The average molecular weight is 468 g/mol. The third-order valence-corrected chi connectivity index (χ3v) is 7.79.